The zero-order chi connectivity index (χ0) is 15.3. The SMILES string of the molecule is CCCNC(Cc1cc(F)ccc1C)C1(OC)CCCC1. The number of nitrogens with one attached hydrogen (secondary N) is 1. The van der Waals surface area contributed by atoms with E-state index < -0.39 is 0 Å². The molecule has 0 spiro atoms. The highest BCUT2D eigenvalue weighted by molar-refractivity contribution is 5.28. The zero-order valence-corrected chi connectivity index (χ0v) is 13.5. The maximum absolute atomic E-state index is 13.6. The van der Waals surface area contributed by atoms with E-state index in [1.807, 2.05) is 13.2 Å². The third-order valence-corrected chi connectivity index (χ3v) is 4.87. The Labute approximate surface area is 128 Å². The molecule has 2 rings (SSSR count). The van der Waals surface area contributed by atoms with Crippen molar-refractivity contribution in [3.63, 3.8) is 0 Å². The molecule has 2 nitrogen and oxygen atoms in total. The molecule has 0 aliphatic heterocycles. The molecule has 1 N–H and O–H groups in total. The smallest absolute Gasteiger partial charge is 0.123 e. The number of ether oxygens (including phenoxy) is 1. The van der Waals surface area contributed by atoms with Crippen molar-refractivity contribution < 1.29 is 9.13 Å². The molecule has 0 heterocycles. The van der Waals surface area contributed by atoms with Gasteiger partial charge in [-0.2, -0.15) is 0 Å². The fraction of sp³-hybridized carbons (Fsp3) is 0.667. The lowest BCUT2D eigenvalue weighted by Crippen LogP contribution is -2.52. The van der Waals surface area contributed by atoms with Gasteiger partial charge in [-0.15, -0.1) is 0 Å². The number of halogens is 1. The van der Waals surface area contributed by atoms with Crippen LogP contribution in [-0.4, -0.2) is 25.3 Å². The van der Waals surface area contributed by atoms with Gasteiger partial charge in [0, 0.05) is 13.2 Å². The van der Waals surface area contributed by atoms with Gasteiger partial charge in [-0.1, -0.05) is 25.8 Å². The summed E-state index contributed by atoms with van der Waals surface area (Å²) in [6, 6.07) is 5.34. The van der Waals surface area contributed by atoms with Crippen molar-refractivity contribution in [1.82, 2.24) is 5.32 Å². The number of rotatable bonds is 7. The molecule has 1 atom stereocenters. The number of methoxy groups -OCH3 is 1. The third kappa shape index (κ3) is 3.83. The average Bonchev–Trinajstić information content (AvgIpc) is 2.97. The topological polar surface area (TPSA) is 21.3 Å². The van der Waals surface area contributed by atoms with Crippen molar-refractivity contribution in [2.45, 2.75) is 64.0 Å². The molecule has 1 fully saturated rings. The van der Waals surface area contributed by atoms with Crippen molar-refractivity contribution >= 4 is 0 Å². The quantitative estimate of drug-likeness (QED) is 0.820. The molecular weight excluding hydrogens is 265 g/mol. The van der Waals surface area contributed by atoms with Crippen LogP contribution >= 0.6 is 0 Å². The minimum atomic E-state index is -0.150. The van der Waals surface area contributed by atoms with Crippen molar-refractivity contribution in [3.05, 3.63) is 35.1 Å². The van der Waals surface area contributed by atoms with Crippen LogP contribution in [0, 0.1) is 12.7 Å². The molecule has 1 unspecified atom stereocenters. The molecular formula is C18H28FNO. The van der Waals surface area contributed by atoms with Crippen LogP contribution < -0.4 is 5.32 Å². The molecule has 1 saturated carbocycles. The highest BCUT2D eigenvalue weighted by Crippen LogP contribution is 2.37. The van der Waals surface area contributed by atoms with Crippen LogP contribution in [0.4, 0.5) is 4.39 Å². The van der Waals surface area contributed by atoms with Gasteiger partial charge in [0.2, 0.25) is 0 Å². The summed E-state index contributed by atoms with van der Waals surface area (Å²) >= 11 is 0. The van der Waals surface area contributed by atoms with E-state index in [0.717, 1.165) is 43.4 Å². The Morgan fingerprint density at radius 1 is 1.33 bits per heavy atom. The standard InChI is InChI=1S/C18H28FNO/c1-4-11-20-17(18(21-3)9-5-6-10-18)13-15-12-16(19)8-7-14(15)2/h7-8,12,17,20H,4-6,9-11,13H2,1-3H3. The normalized spacial score (nSPS) is 18.9. The van der Waals surface area contributed by atoms with Gasteiger partial charge in [0.25, 0.3) is 0 Å². The van der Waals surface area contributed by atoms with E-state index in [0.29, 0.717) is 0 Å². The van der Waals surface area contributed by atoms with Crippen molar-refractivity contribution in [1.29, 1.82) is 0 Å². The second-order valence-corrected chi connectivity index (χ2v) is 6.26. The first-order chi connectivity index (χ1) is 10.1. The molecule has 0 saturated heterocycles. The lowest BCUT2D eigenvalue weighted by Gasteiger charge is -2.37. The van der Waals surface area contributed by atoms with Crippen molar-refractivity contribution in [3.8, 4) is 0 Å². The second kappa shape index (κ2) is 7.37. The molecule has 0 amide bonds. The van der Waals surface area contributed by atoms with Crippen LogP contribution in [0.2, 0.25) is 0 Å². The Bertz CT molecular complexity index is 455. The predicted molar refractivity (Wildman–Crippen MR) is 85.1 cm³/mol. The summed E-state index contributed by atoms with van der Waals surface area (Å²) in [7, 11) is 1.82. The summed E-state index contributed by atoms with van der Waals surface area (Å²) < 4.78 is 19.5. The first kappa shape index (κ1) is 16.4. The van der Waals surface area contributed by atoms with Crippen molar-refractivity contribution in [2.75, 3.05) is 13.7 Å². The lowest BCUT2D eigenvalue weighted by atomic mass is 9.86. The zero-order valence-electron chi connectivity index (χ0n) is 13.5. The summed E-state index contributed by atoms with van der Waals surface area (Å²) in [5.74, 6) is -0.150. The monoisotopic (exact) mass is 293 g/mol. The number of aryl methyl sites for hydroxylation is 1. The van der Waals surface area contributed by atoms with Gasteiger partial charge < -0.3 is 10.1 Å². The van der Waals surface area contributed by atoms with Gasteiger partial charge in [-0.05, 0) is 62.4 Å². The molecule has 3 heteroatoms. The Kier molecular flexibility index (Phi) is 5.77. The van der Waals surface area contributed by atoms with Gasteiger partial charge in [-0.3, -0.25) is 0 Å². The summed E-state index contributed by atoms with van der Waals surface area (Å²) in [5.41, 5.74) is 2.16. The minimum absolute atomic E-state index is 0.0894. The van der Waals surface area contributed by atoms with E-state index in [1.54, 1.807) is 6.07 Å². The summed E-state index contributed by atoms with van der Waals surface area (Å²) in [4.78, 5) is 0. The summed E-state index contributed by atoms with van der Waals surface area (Å²) in [6.07, 6.45) is 6.56. The van der Waals surface area contributed by atoms with Crippen LogP contribution in [0.15, 0.2) is 18.2 Å². The van der Waals surface area contributed by atoms with E-state index >= 15 is 0 Å². The maximum Gasteiger partial charge on any atom is 0.123 e. The highest BCUT2D eigenvalue weighted by Gasteiger charge is 2.41. The van der Waals surface area contributed by atoms with E-state index in [9.17, 15) is 4.39 Å². The molecule has 0 radical (unpaired) electrons. The van der Waals surface area contributed by atoms with E-state index in [-0.39, 0.29) is 17.5 Å². The number of hydrogen-bond acceptors (Lipinski definition) is 2. The Morgan fingerprint density at radius 3 is 2.67 bits per heavy atom. The van der Waals surface area contributed by atoms with E-state index in [2.05, 4.69) is 19.2 Å². The first-order valence-corrected chi connectivity index (χ1v) is 8.15. The maximum atomic E-state index is 13.6. The van der Waals surface area contributed by atoms with Gasteiger partial charge >= 0.3 is 0 Å². The minimum Gasteiger partial charge on any atom is -0.377 e. The molecule has 1 aromatic rings. The highest BCUT2D eigenvalue weighted by atomic mass is 19.1. The van der Waals surface area contributed by atoms with Crippen LogP contribution in [-0.2, 0) is 11.2 Å². The summed E-state index contributed by atoms with van der Waals surface area (Å²) in [6.45, 7) is 5.20. The van der Waals surface area contributed by atoms with Gasteiger partial charge in [-0.25, -0.2) is 4.39 Å². The number of benzene rings is 1. The molecule has 21 heavy (non-hydrogen) atoms. The average molecular weight is 293 g/mol. The molecule has 1 aliphatic rings. The van der Waals surface area contributed by atoms with Crippen LogP contribution in [0.25, 0.3) is 0 Å². The van der Waals surface area contributed by atoms with Gasteiger partial charge in [0.1, 0.15) is 5.82 Å². The molecule has 118 valence electrons. The first-order valence-electron chi connectivity index (χ1n) is 8.15. The molecule has 1 aromatic carbocycles. The van der Waals surface area contributed by atoms with Gasteiger partial charge in [0.05, 0.1) is 5.60 Å². The van der Waals surface area contributed by atoms with E-state index in [4.69, 9.17) is 4.74 Å². The molecule has 0 aromatic heterocycles. The Morgan fingerprint density at radius 2 is 2.05 bits per heavy atom. The Hall–Kier alpha value is -0.930. The largest absolute Gasteiger partial charge is 0.377 e. The van der Waals surface area contributed by atoms with Crippen LogP contribution in [0.3, 0.4) is 0 Å². The molecule has 1 aliphatic carbocycles. The van der Waals surface area contributed by atoms with Crippen molar-refractivity contribution in [2.24, 2.45) is 0 Å². The summed E-state index contributed by atoms with van der Waals surface area (Å²) in [5, 5.41) is 3.65. The van der Waals surface area contributed by atoms with Crippen LogP contribution in [0.5, 0.6) is 0 Å². The molecule has 0 bridgehead atoms. The fourth-order valence-corrected chi connectivity index (χ4v) is 3.51. The third-order valence-electron chi connectivity index (χ3n) is 4.87. The Balaban J connectivity index is 2.21. The van der Waals surface area contributed by atoms with E-state index in [1.165, 1.54) is 18.9 Å². The second-order valence-electron chi connectivity index (χ2n) is 6.26. The lowest BCUT2D eigenvalue weighted by molar-refractivity contribution is -0.0355. The van der Waals surface area contributed by atoms with Gasteiger partial charge in [0.15, 0.2) is 0 Å². The number of hydrogen-bond donors (Lipinski definition) is 1. The fourth-order valence-electron chi connectivity index (χ4n) is 3.51. The predicted octanol–water partition coefficient (Wildman–Crippen LogP) is 4.00. The van der Waals surface area contributed by atoms with Crippen LogP contribution in [0.1, 0.15) is 50.2 Å².